The Morgan fingerprint density at radius 1 is 0.972 bits per heavy atom. The highest BCUT2D eigenvalue weighted by Gasteiger charge is 2.08. The molecule has 0 aliphatic carbocycles. The largest absolute Gasteiger partial charge is 0.497 e. The number of nitrogens with zero attached hydrogens (tertiary/aromatic N) is 5. The molecule has 178 valence electrons. The molecule has 0 unspecified atom stereocenters. The molecule has 0 fully saturated rings. The molecule has 8 nitrogen and oxygen atoms in total. The van der Waals surface area contributed by atoms with Gasteiger partial charge in [0, 0.05) is 24.5 Å². The Hall–Kier alpha value is -4.84. The van der Waals surface area contributed by atoms with Gasteiger partial charge in [0.2, 0.25) is 11.9 Å². The summed E-state index contributed by atoms with van der Waals surface area (Å²) in [5, 5.41) is 9.89. The van der Waals surface area contributed by atoms with Crippen LogP contribution in [-0.4, -0.2) is 37.2 Å². The van der Waals surface area contributed by atoms with E-state index in [-0.39, 0.29) is 0 Å². The number of rotatable bonds is 6. The number of fused-ring (bicyclic) bond motifs is 1. The molecular weight excluding hydrogens is 457 g/mol. The van der Waals surface area contributed by atoms with Crippen molar-refractivity contribution in [2.24, 2.45) is 0 Å². The SMILES string of the molecule is CCc1cc(OC)ccc1CNc1nccc(-c2nccc(C#Cc3ccc4n[nH]c(F)c4c3)n2)n1. The summed E-state index contributed by atoms with van der Waals surface area (Å²) in [6.07, 6.45) is 4.18. The first kappa shape index (κ1) is 22.9. The maximum Gasteiger partial charge on any atom is 0.223 e. The normalized spacial score (nSPS) is 10.6. The van der Waals surface area contributed by atoms with Crippen LogP contribution >= 0.6 is 0 Å². The monoisotopic (exact) mass is 479 g/mol. The first-order valence-electron chi connectivity index (χ1n) is 11.3. The average Bonchev–Trinajstić information content (AvgIpc) is 3.30. The van der Waals surface area contributed by atoms with Crippen molar-refractivity contribution in [1.82, 2.24) is 30.1 Å². The minimum atomic E-state index is -0.482. The molecular formula is C27H22FN7O. The highest BCUT2D eigenvalue weighted by molar-refractivity contribution is 5.80. The predicted octanol–water partition coefficient (Wildman–Crippen LogP) is 4.53. The van der Waals surface area contributed by atoms with Gasteiger partial charge in [-0.25, -0.2) is 19.9 Å². The van der Waals surface area contributed by atoms with E-state index in [1.165, 1.54) is 5.56 Å². The third-order valence-electron chi connectivity index (χ3n) is 5.61. The summed E-state index contributed by atoms with van der Waals surface area (Å²) in [5.41, 5.74) is 4.64. The van der Waals surface area contributed by atoms with E-state index >= 15 is 0 Å². The fourth-order valence-corrected chi connectivity index (χ4v) is 3.72. The van der Waals surface area contributed by atoms with Gasteiger partial charge in [0.1, 0.15) is 17.1 Å². The van der Waals surface area contributed by atoms with E-state index in [0.717, 1.165) is 17.7 Å². The van der Waals surface area contributed by atoms with Crippen LogP contribution < -0.4 is 10.1 Å². The van der Waals surface area contributed by atoms with Gasteiger partial charge in [-0.05, 0) is 65.9 Å². The standard InChI is InChI=1S/C27H22FN7O/c1-3-18-15-21(36-2)8-6-19(18)16-31-27-30-13-11-24(33-27)26-29-12-10-20(32-26)7-4-17-5-9-23-22(14-17)25(28)35-34-23/h5-6,8-15H,3,16H2,1-2H3,(H,34,35)(H,30,31,33). The van der Waals surface area contributed by atoms with Crippen molar-refractivity contribution >= 4 is 16.9 Å². The second-order valence-corrected chi connectivity index (χ2v) is 7.89. The zero-order valence-electron chi connectivity index (χ0n) is 19.7. The van der Waals surface area contributed by atoms with E-state index in [1.54, 1.807) is 49.8 Å². The first-order chi connectivity index (χ1) is 17.6. The Bertz CT molecular complexity index is 1600. The van der Waals surface area contributed by atoms with E-state index in [1.807, 2.05) is 18.2 Å². The van der Waals surface area contributed by atoms with Crippen LogP contribution in [0.15, 0.2) is 60.9 Å². The number of ether oxygens (including phenoxy) is 1. The lowest BCUT2D eigenvalue weighted by Gasteiger charge is -2.11. The summed E-state index contributed by atoms with van der Waals surface area (Å²) in [6.45, 7) is 2.68. The molecule has 0 aliphatic rings. The van der Waals surface area contributed by atoms with Crippen LogP contribution in [0.2, 0.25) is 0 Å². The van der Waals surface area contributed by atoms with Crippen molar-refractivity contribution in [3.8, 4) is 29.1 Å². The van der Waals surface area contributed by atoms with Crippen LogP contribution in [0.4, 0.5) is 10.3 Å². The Balaban J connectivity index is 1.34. The molecule has 3 aromatic heterocycles. The number of aryl methyl sites for hydroxylation is 1. The molecule has 2 N–H and O–H groups in total. The summed E-state index contributed by atoms with van der Waals surface area (Å²) >= 11 is 0. The Morgan fingerprint density at radius 3 is 2.72 bits per heavy atom. The molecule has 0 saturated carbocycles. The molecule has 3 heterocycles. The minimum Gasteiger partial charge on any atom is -0.497 e. The number of aromatic nitrogens is 6. The molecule has 0 amide bonds. The third-order valence-corrected chi connectivity index (χ3v) is 5.61. The lowest BCUT2D eigenvalue weighted by molar-refractivity contribution is 0.414. The second-order valence-electron chi connectivity index (χ2n) is 7.89. The van der Waals surface area contributed by atoms with Gasteiger partial charge in [-0.1, -0.05) is 18.9 Å². The Kier molecular flexibility index (Phi) is 6.49. The molecule has 0 saturated heterocycles. The van der Waals surface area contributed by atoms with Gasteiger partial charge in [-0.3, -0.25) is 5.10 Å². The van der Waals surface area contributed by atoms with Gasteiger partial charge in [0.15, 0.2) is 5.82 Å². The summed E-state index contributed by atoms with van der Waals surface area (Å²) in [7, 11) is 1.66. The zero-order valence-corrected chi connectivity index (χ0v) is 19.7. The summed E-state index contributed by atoms with van der Waals surface area (Å²) in [5.74, 6) is 7.28. The number of aromatic amines is 1. The third kappa shape index (κ3) is 4.98. The zero-order chi connectivity index (χ0) is 24.9. The first-order valence-corrected chi connectivity index (χ1v) is 11.3. The number of halogens is 1. The quantitative estimate of drug-likeness (QED) is 0.345. The van der Waals surface area contributed by atoms with Gasteiger partial charge < -0.3 is 10.1 Å². The Labute approximate surface area is 207 Å². The molecule has 0 bridgehead atoms. The highest BCUT2D eigenvalue weighted by Crippen LogP contribution is 2.20. The molecule has 9 heteroatoms. The number of hydrogen-bond donors (Lipinski definition) is 2. The number of hydrogen-bond acceptors (Lipinski definition) is 7. The van der Waals surface area contributed by atoms with Crippen LogP contribution in [0.25, 0.3) is 22.4 Å². The predicted molar refractivity (Wildman–Crippen MR) is 135 cm³/mol. The van der Waals surface area contributed by atoms with Crippen LogP contribution in [-0.2, 0) is 13.0 Å². The van der Waals surface area contributed by atoms with E-state index in [0.29, 0.717) is 46.2 Å². The van der Waals surface area contributed by atoms with Crippen molar-refractivity contribution < 1.29 is 9.13 Å². The van der Waals surface area contributed by atoms with Gasteiger partial charge >= 0.3 is 0 Å². The molecule has 0 aliphatic heterocycles. The van der Waals surface area contributed by atoms with Gasteiger partial charge in [-0.2, -0.15) is 9.49 Å². The average molecular weight is 480 g/mol. The van der Waals surface area contributed by atoms with Crippen molar-refractivity contribution in [3.63, 3.8) is 0 Å². The Morgan fingerprint density at radius 2 is 1.86 bits per heavy atom. The van der Waals surface area contributed by atoms with Crippen molar-refractivity contribution in [3.05, 3.63) is 89.3 Å². The molecule has 5 aromatic rings. The molecule has 2 aromatic carbocycles. The van der Waals surface area contributed by atoms with Crippen LogP contribution in [0.1, 0.15) is 29.3 Å². The fourth-order valence-electron chi connectivity index (χ4n) is 3.72. The van der Waals surface area contributed by atoms with Gasteiger partial charge in [0.05, 0.1) is 18.0 Å². The van der Waals surface area contributed by atoms with Gasteiger partial charge in [0.25, 0.3) is 0 Å². The maximum absolute atomic E-state index is 13.8. The number of nitrogens with one attached hydrogen (secondary N) is 2. The van der Waals surface area contributed by atoms with E-state index < -0.39 is 5.95 Å². The van der Waals surface area contributed by atoms with E-state index in [4.69, 9.17) is 4.74 Å². The lowest BCUT2D eigenvalue weighted by Crippen LogP contribution is -2.06. The maximum atomic E-state index is 13.8. The van der Waals surface area contributed by atoms with Crippen molar-refractivity contribution in [2.45, 2.75) is 19.9 Å². The van der Waals surface area contributed by atoms with E-state index in [2.05, 4.69) is 54.2 Å². The fraction of sp³-hybridized carbons (Fsp3) is 0.148. The van der Waals surface area contributed by atoms with E-state index in [9.17, 15) is 4.39 Å². The van der Waals surface area contributed by atoms with Gasteiger partial charge in [-0.15, -0.1) is 0 Å². The number of anilines is 1. The minimum absolute atomic E-state index is 0.395. The van der Waals surface area contributed by atoms with Crippen molar-refractivity contribution in [2.75, 3.05) is 12.4 Å². The lowest BCUT2D eigenvalue weighted by atomic mass is 10.0. The number of methoxy groups -OCH3 is 1. The van der Waals surface area contributed by atoms with Crippen LogP contribution in [0.5, 0.6) is 5.75 Å². The van der Waals surface area contributed by atoms with Crippen molar-refractivity contribution in [1.29, 1.82) is 0 Å². The molecule has 0 atom stereocenters. The molecule has 0 spiro atoms. The summed E-state index contributed by atoms with van der Waals surface area (Å²) in [6, 6.07) is 14.6. The number of benzene rings is 2. The smallest absolute Gasteiger partial charge is 0.223 e. The highest BCUT2D eigenvalue weighted by atomic mass is 19.1. The van der Waals surface area contributed by atoms with Crippen LogP contribution in [0.3, 0.4) is 0 Å². The molecule has 5 rings (SSSR count). The number of H-pyrrole nitrogens is 1. The topological polar surface area (TPSA) is 102 Å². The summed E-state index contributed by atoms with van der Waals surface area (Å²) in [4.78, 5) is 17.8. The molecule has 0 radical (unpaired) electrons. The van der Waals surface area contributed by atoms with Crippen LogP contribution in [0, 0.1) is 17.8 Å². The summed E-state index contributed by atoms with van der Waals surface area (Å²) < 4.78 is 19.1. The molecule has 36 heavy (non-hydrogen) atoms. The second kappa shape index (κ2) is 10.2.